The average molecular weight is 240 g/mol. The zero-order valence-electron chi connectivity index (χ0n) is 9.98. The molecule has 2 N–H and O–H groups in total. The molecule has 0 spiro atoms. The summed E-state index contributed by atoms with van der Waals surface area (Å²) in [6, 6.07) is 7.60. The molecule has 16 heavy (non-hydrogen) atoms. The van der Waals surface area contributed by atoms with Crippen molar-refractivity contribution in [1.82, 2.24) is 4.90 Å². The Hall–Kier alpha value is -0.870. The predicted octanol–water partition coefficient (Wildman–Crippen LogP) is 1.94. The summed E-state index contributed by atoms with van der Waals surface area (Å²) in [7, 11) is 2.11. The SMILES string of the molecule is CSCCN(C)CCOc1ccccc1N. The molecule has 90 valence electrons. The van der Waals surface area contributed by atoms with Crippen LogP contribution in [0.25, 0.3) is 0 Å². The zero-order chi connectivity index (χ0) is 11.8. The first kappa shape index (κ1) is 13.2. The molecule has 0 atom stereocenters. The van der Waals surface area contributed by atoms with Crippen molar-refractivity contribution in [3.63, 3.8) is 0 Å². The highest BCUT2D eigenvalue weighted by Gasteiger charge is 2.00. The van der Waals surface area contributed by atoms with E-state index in [-0.39, 0.29) is 0 Å². The number of rotatable bonds is 7. The summed E-state index contributed by atoms with van der Waals surface area (Å²) in [6.45, 7) is 2.70. The minimum absolute atomic E-state index is 0.680. The fraction of sp³-hybridized carbons (Fsp3) is 0.500. The first-order chi connectivity index (χ1) is 7.74. The van der Waals surface area contributed by atoms with E-state index in [2.05, 4.69) is 18.2 Å². The van der Waals surface area contributed by atoms with Crippen LogP contribution in [0.2, 0.25) is 0 Å². The number of nitrogen functional groups attached to an aromatic ring is 1. The molecule has 0 aliphatic rings. The summed E-state index contributed by atoms with van der Waals surface area (Å²) in [5, 5.41) is 0. The van der Waals surface area contributed by atoms with Crippen LogP contribution in [-0.4, -0.2) is 43.7 Å². The summed E-state index contributed by atoms with van der Waals surface area (Å²) >= 11 is 1.86. The van der Waals surface area contributed by atoms with Crippen LogP contribution in [0.15, 0.2) is 24.3 Å². The van der Waals surface area contributed by atoms with Crippen LogP contribution < -0.4 is 10.5 Å². The molecule has 0 unspecified atom stereocenters. The lowest BCUT2D eigenvalue weighted by atomic mass is 10.3. The molecule has 1 rings (SSSR count). The fourth-order valence-corrected chi connectivity index (χ4v) is 1.78. The van der Waals surface area contributed by atoms with Gasteiger partial charge in [-0.3, -0.25) is 0 Å². The van der Waals surface area contributed by atoms with Crippen LogP contribution in [-0.2, 0) is 0 Å². The Kier molecular flexibility index (Phi) is 6.11. The normalized spacial score (nSPS) is 10.7. The van der Waals surface area contributed by atoms with E-state index >= 15 is 0 Å². The average Bonchev–Trinajstić information content (AvgIpc) is 2.29. The topological polar surface area (TPSA) is 38.5 Å². The van der Waals surface area contributed by atoms with Gasteiger partial charge < -0.3 is 15.4 Å². The minimum atomic E-state index is 0.680. The molecule has 0 fully saturated rings. The second-order valence-electron chi connectivity index (χ2n) is 3.68. The van der Waals surface area contributed by atoms with Crippen LogP contribution >= 0.6 is 11.8 Å². The highest BCUT2D eigenvalue weighted by atomic mass is 32.2. The molecule has 0 aromatic heterocycles. The molecular formula is C12H20N2OS. The van der Waals surface area contributed by atoms with E-state index in [1.165, 1.54) is 0 Å². The standard InChI is InChI=1S/C12H20N2OS/c1-14(8-10-16-2)7-9-15-12-6-4-3-5-11(12)13/h3-6H,7-10,13H2,1-2H3. The van der Waals surface area contributed by atoms with E-state index in [0.29, 0.717) is 12.3 Å². The van der Waals surface area contributed by atoms with Gasteiger partial charge in [0.1, 0.15) is 12.4 Å². The third-order valence-electron chi connectivity index (χ3n) is 2.33. The predicted molar refractivity (Wildman–Crippen MR) is 72.2 cm³/mol. The summed E-state index contributed by atoms with van der Waals surface area (Å²) in [5.41, 5.74) is 6.48. The number of hydrogen-bond acceptors (Lipinski definition) is 4. The number of ether oxygens (including phenoxy) is 1. The number of likely N-dealkylation sites (N-methyl/N-ethyl adjacent to an activating group) is 1. The lowest BCUT2D eigenvalue weighted by Crippen LogP contribution is -2.26. The highest BCUT2D eigenvalue weighted by molar-refractivity contribution is 7.98. The van der Waals surface area contributed by atoms with Crippen molar-refractivity contribution in [2.24, 2.45) is 0 Å². The van der Waals surface area contributed by atoms with Crippen molar-refractivity contribution < 1.29 is 4.74 Å². The van der Waals surface area contributed by atoms with Gasteiger partial charge in [-0.1, -0.05) is 12.1 Å². The van der Waals surface area contributed by atoms with Crippen LogP contribution in [0, 0.1) is 0 Å². The first-order valence-electron chi connectivity index (χ1n) is 5.39. The lowest BCUT2D eigenvalue weighted by Gasteiger charge is -2.16. The van der Waals surface area contributed by atoms with Crippen LogP contribution in [0.3, 0.4) is 0 Å². The molecule has 0 saturated heterocycles. The molecule has 0 bridgehead atoms. The van der Waals surface area contributed by atoms with Gasteiger partial charge in [-0.25, -0.2) is 0 Å². The lowest BCUT2D eigenvalue weighted by molar-refractivity contribution is 0.246. The third-order valence-corrected chi connectivity index (χ3v) is 2.92. The molecule has 0 radical (unpaired) electrons. The Bertz CT molecular complexity index is 307. The van der Waals surface area contributed by atoms with Crippen molar-refractivity contribution >= 4 is 17.4 Å². The quantitative estimate of drug-likeness (QED) is 0.739. The van der Waals surface area contributed by atoms with Gasteiger partial charge in [0.25, 0.3) is 0 Å². The Morgan fingerprint density at radius 1 is 1.31 bits per heavy atom. The summed E-state index contributed by atoms with van der Waals surface area (Å²) < 4.78 is 5.61. The van der Waals surface area contributed by atoms with Gasteiger partial charge in [-0.05, 0) is 25.4 Å². The molecule has 0 aliphatic carbocycles. The molecule has 1 aromatic rings. The molecule has 0 heterocycles. The van der Waals surface area contributed by atoms with E-state index in [0.717, 1.165) is 24.6 Å². The van der Waals surface area contributed by atoms with Crippen molar-refractivity contribution in [3.05, 3.63) is 24.3 Å². The van der Waals surface area contributed by atoms with E-state index in [4.69, 9.17) is 10.5 Å². The number of nitrogens with two attached hydrogens (primary N) is 1. The van der Waals surface area contributed by atoms with Crippen molar-refractivity contribution in [1.29, 1.82) is 0 Å². The van der Waals surface area contributed by atoms with Gasteiger partial charge in [0.2, 0.25) is 0 Å². The maximum absolute atomic E-state index is 5.78. The van der Waals surface area contributed by atoms with Gasteiger partial charge in [-0.2, -0.15) is 11.8 Å². The second-order valence-corrected chi connectivity index (χ2v) is 4.67. The van der Waals surface area contributed by atoms with Crippen molar-refractivity contribution in [3.8, 4) is 5.75 Å². The third kappa shape index (κ3) is 4.77. The molecular weight excluding hydrogens is 220 g/mol. The molecule has 1 aromatic carbocycles. The maximum atomic E-state index is 5.78. The summed E-state index contributed by atoms with van der Waals surface area (Å²) in [5.74, 6) is 1.94. The molecule has 4 heteroatoms. The molecule has 3 nitrogen and oxygen atoms in total. The first-order valence-corrected chi connectivity index (χ1v) is 6.78. The molecule has 0 aliphatic heterocycles. The van der Waals surface area contributed by atoms with Crippen LogP contribution in [0.5, 0.6) is 5.75 Å². The Morgan fingerprint density at radius 2 is 2.06 bits per heavy atom. The second kappa shape index (κ2) is 7.41. The van der Waals surface area contributed by atoms with Gasteiger partial charge in [0.15, 0.2) is 0 Å². The largest absolute Gasteiger partial charge is 0.490 e. The van der Waals surface area contributed by atoms with E-state index in [1.54, 1.807) is 0 Å². The smallest absolute Gasteiger partial charge is 0.142 e. The van der Waals surface area contributed by atoms with Crippen molar-refractivity contribution in [2.45, 2.75) is 0 Å². The van der Waals surface area contributed by atoms with Gasteiger partial charge in [-0.15, -0.1) is 0 Å². The number of para-hydroxylation sites is 2. The number of anilines is 1. The Labute approximate surface area is 102 Å². The van der Waals surface area contributed by atoms with E-state index in [9.17, 15) is 0 Å². The van der Waals surface area contributed by atoms with E-state index in [1.807, 2.05) is 36.0 Å². The Morgan fingerprint density at radius 3 is 2.75 bits per heavy atom. The van der Waals surface area contributed by atoms with Crippen molar-refractivity contribution in [2.75, 3.05) is 44.5 Å². The maximum Gasteiger partial charge on any atom is 0.142 e. The van der Waals surface area contributed by atoms with E-state index < -0.39 is 0 Å². The zero-order valence-corrected chi connectivity index (χ0v) is 10.8. The minimum Gasteiger partial charge on any atom is -0.490 e. The number of hydrogen-bond donors (Lipinski definition) is 1. The Balaban J connectivity index is 2.23. The molecule has 0 saturated carbocycles. The fourth-order valence-electron chi connectivity index (χ4n) is 1.28. The highest BCUT2D eigenvalue weighted by Crippen LogP contribution is 2.19. The summed E-state index contributed by atoms with van der Waals surface area (Å²) in [4.78, 5) is 2.26. The van der Waals surface area contributed by atoms with Crippen LogP contribution in [0.1, 0.15) is 0 Å². The van der Waals surface area contributed by atoms with Crippen LogP contribution in [0.4, 0.5) is 5.69 Å². The summed E-state index contributed by atoms with van der Waals surface area (Å²) in [6.07, 6.45) is 2.12. The monoisotopic (exact) mass is 240 g/mol. The van der Waals surface area contributed by atoms with Gasteiger partial charge in [0, 0.05) is 18.8 Å². The van der Waals surface area contributed by atoms with Gasteiger partial charge in [0.05, 0.1) is 5.69 Å². The number of benzene rings is 1. The molecule has 0 amide bonds. The number of nitrogens with zero attached hydrogens (tertiary/aromatic N) is 1. The van der Waals surface area contributed by atoms with Gasteiger partial charge >= 0.3 is 0 Å². The number of thioether (sulfide) groups is 1.